The summed E-state index contributed by atoms with van der Waals surface area (Å²) in [6, 6.07) is 14.4. The molecule has 0 aliphatic rings. The number of sulfonamides is 1. The summed E-state index contributed by atoms with van der Waals surface area (Å²) in [6.07, 6.45) is 3.14. The van der Waals surface area contributed by atoms with Crippen LogP contribution < -0.4 is 10.5 Å². The highest BCUT2D eigenvalue weighted by Gasteiger charge is 2.08. The van der Waals surface area contributed by atoms with Crippen LogP contribution in [0.1, 0.15) is 30.4 Å². The van der Waals surface area contributed by atoms with Gasteiger partial charge in [-0.2, -0.15) is 0 Å². The highest BCUT2D eigenvalue weighted by atomic mass is 79.9. The Bertz CT molecular complexity index is 820. The molecular weight excluding hydrogens is 404 g/mol. The van der Waals surface area contributed by atoms with Gasteiger partial charge in [-0.3, -0.25) is 4.79 Å². The Labute approximate surface area is 156 Å². The molecule has 134 valence electrons. The number of nitrogens with two attached hydrogens (primary N) is 1. The highest BCUT2D eigenvalue weighted by molar-refractivity contribution is 9.10. The summed E-state index contributed by atoms with van der Waals surface area (Å²) < 4.78 is 23.7. The molecule has 2 rings (SSSR count). The fourth-order valence-electron chi connectivity index (χ4n) is 2.39. The normalized spacial score (nSPS) is 11.3. The molecule has 25 heavy (non-hydrogen) atoms. The number of carbonyl (C=O) groups is 1. The van der Waals surface area contributed by atoms with Crippen LogP contribution in [0.15, 0.2) is 57.9 Å². The molecule has 7 heteroatoms. The minimum atomic E-state index is -3.73. The molecule has 0 unspecified atom stereocenters. The quantitative estimate of drug-likeness (QED) is 0.637. The lowest BCUT2D eigenvalue weighted by Gasteiger charge is -2.07. The smallest absolute Gasteiger partial charge is 0.238 e. The Kier molecular flexibility index (Phi) is 7.16. The molecule has 0 spiro atoms. The van der Waals surface area contributed by atoms with E-state index >= 15 is 0 Å². The van der Waals surface area contributed by atoms with E-state index in [1.54, 1.807) is 12.1 Å². The second-order valence-corrected chi connectivity index (χ2v) is 8.28. The van der Waals surface area contributed by atoms with Crippen molar-refractivity contribution in [3.05, 3.63) is 64.1 Å². The minimum absolute atomic E-state index is 0.0446. The number of unbranched alkanes of at least 4 members (excludes halogenated alkanes) is 1. The fourth-order valence-corrected chi connectivity index (χ4v) is 3.24. The molecule has 0 atom stereocenters. The van der Waals surface area contributed by atoms with Gasteiger partial charge in [0.05, 0.1) is 4.90 Å². The third kappa shape index (κ3) is 6.97. The molecule has 5 nitrogen and oxygen atoms in total. The first-order valence-electron chi connectivity index (χ1n) is 7.97. The van der Waals surface area contributed by atoms with Gasteiger partial charge in [0.15, 0.2) is 0 Å². The largest absolute Gasteiger partial charge is 0.352 e. The zero-order valence-electron chi connectivity index (χ0n) is 13.7. The van der Waals surface area contributed by atoms with Crippen LogP contribution in [0.3, 0.4) is 0 Å². The zero-order chi connectivity index (χ0) is 18.3. The van der Waals surface area contributed by atoms with Crippen LogP contribution in [0.5, 0.6) is 0 Å². The van der Waals surface area contributed by atoms with Crippen LogP contribution in [0.25, 0.3) is 0 Å². The van der Waals surface area contributed by atoms with E-state index in [1.807, 2.05) is 12.1 Å². The molecule has 1 amide bonds. The third-order valence-electron chi connectivity index (χ3n) is 3.75. The van der Waals surface area contributed by atoms with Crippen molar-refractivity contribution in [3.8, 4) is 0 Å². The lowest BCUT2D eigenvalue weighted by Crippen LogP contribution is -2.22. The van der Waals surface area contributed by atoms with Crippen LogP contribution in [0.4, 0.5) is 0 Å². The maximum Gasteiger partial charge on any atom is 0.238 e. The second-order valence-electron chi connectivity index (χ2n) is 5.80. The van der Waals surface area contributed by atoms with Crippen molar-refractivity contribution in [2.45, 2.75) is 37.1 Å². The number of amides is 1. The monoisotopic (exact) mass is 424 g/mol. The molecule has 0 radical (unpaired) electrons. The van der Waals surface area contributed by atoms with Gasteiger partial charge in [-0.05, 0) is 54.7 Å². The first-order chi connectivity index (χ1) is 11.8. The van der Waals surface area contributed by atoms with Gasteiger partial charge in [-0.15, -0.1) is 0 Å². The van der Waals surface area contributed by atoms with Gasteiger partial charge in [-0.25, -0.2) is 13.6 Å². The molecule has 0 fully saturated rings. The molecule has 0 aliphatic heterocycles. The molecular formula is C18H21BrN2O3S. The van der Waals surface area contributed by atoms with Crippen LogP contribution >= 0.6 is 15.9 Å². The summed E-state index contributed by atoms with van der Waals surface area (Å²) in [7, 11) is -3.73. The third-order valence-corrected chi connectivity index (χ3v) is 5.19. The van der Waals surface area contributed by atoms with Gasteiger partial charge in [0.2, 0.25) is 15.9 Å². The molecule has 0 aliphatic carbocycles. The summed E-state index contributed by atoms with van der Waals surface area (Å²) in [4.78, 5) is 11.9. The average molecular weight is 425 g/mol. The number of halogens is 1. The predicted octanol–water partition coefficient (Wildman–Crippen LogP) is 3.13. The van der Waals surface area contributed by atoms with Gasteiger partial charge < -0.3 is 5.32 Å². The Hall–Kier alpha value is -1.70. The fraction of sp³-hybridized carbons (Fsp3) is 0.278. The van der Waals surface area contributed by atoms with Crippen LogP contribution in [0, 0.1) is 0 Å². The summed E-state index contributed by atoms with van der Waals surface area (Å²) in [6.45, 7) is 0.287. The molecule has 2 aromatic carbocycles. The van der Waals surface area contributed by atoms with Gasteiger partial charge >= 0.3 is 0 Å². The van der Waals surface area contributed by atoms with E-state index in [2.05, 4.69) is 33.4 Å². The number of primary sulfonamides is 1. The van der Waals surface area contributed by atoms with E-state index in [9.17, 15) is 13.2 Å². The summed E-state index contributed by atoms with van der Waals surface area (Å²) >= 11 is 3.40. The molecule has 2 aromatic rings. The number of nitrogens with one attached hydrogen (secondary N) is 1. The van der Waals surface area contributed by atoms with E-state index in [0.717, 1.165) is 23.7 Å². The van der Waals surface area contributed by atoms with Crippen molar-refractivity contribution >= 4 is 31.9 Å². The van der Waals surface area contributed by atoms with Crippen molar-refractivity contribution in [1.29, 1.82) is 0 Å². The first-order valence-corrected chi connectivity index (χ1v) is 10.3. The van der Waals surface area contributed by atoms with Gasteiger partial charge in [0.1, 0.15) is 0 Å². The molecule has 0 aromatic heterocycles. The highest BCUT2D eigenvalue weighted by Crippen LogP contribution is 2.13. The summed E-state index contributed by atoms with van der Waals surface area (Å²) in [5.41, 5.74) is 1.96. The predicted molar refractivity (Wildman–Crippen MR) is 101 cm³/mol. The van der Waals surface area contributed by atoms with Gasteiger partial charge in [-0.1, -0.05) is 40.2 Å². The van der Waals surface area contributed by atoms with Crippen molar-refractivity contribution < 1.29 is 13.2 Å². The first kappa shape index (κ1) is 19.6. The Morgan fingerprint density at radius 1 is 1.04 bits per heavy atom. The molecule has 0 saturated carbocycles. The van der Waals surface area contributed by atoms with Gasteiger partial charge in [0, 0.05) is 17.4 Å². The molecule has 0 saturated heterocycles. The SMILES string of the molecule is NS(=O)(=O)c1cccc(CNC(=O)CCCCc2ccc(Br)cc2)c1. The average Bonchev–Trinajstić information content (AvgIpc) is 2.58. The lowest BCUT2D eigenvalue weighted by atomic mass is 10.1. The zero-order valence-corrected chi connectivity index (χ0v) is 16.1. The molecule has 0 heterocycles. The van der Waals surface area contributed by atoms with Crippen molar-refractivity contribution in [2.75, 3.05) is 0 Å². The van der Waals surface area contributed by atoms with Crippen molar-refractivity contribution in [2.24, 2.45) is 5.14 Å². The number of benzene rings is 2. The van der Waals surface area contributed by atoms with Crippen molar-refractivity contribution in [3.63, 3.8) is 0 Å². The van der Waals surface area contributed by atoms with E-state index in [1.165, 1.54) is 17.7 Å². The summed E-state index contributed by atoms with van der Waals surface area (Å²) in [5, 5.41) is 7.90. The van der Waals surface area contributed by atoms with Crippen LogP contribution in [-0.2, 0) is 27.8 Å². The van der Waals surface area contributed by atoms with E-state index in [-0.39, 0.29) is 17.3 Å². The number of hydrogen-bond donors (Lipinski definition) is 2. The maximum atomic E-state index is 11.9. The maximum absolute atomic E-state index is 11.9. The second kappa shape index (κ2) is 9.12. The number of hydrogen-bond acceptors (Lipinski definition) is 3. The van der Waals surface area contributed by atoms with E-state index < -0.39 is 10.0 Å². The van der Waals surface area contributed by atoms with Crippen LogP contribution in [0.2, 0.25) is 0 Å². The number of rotatable bonds is 8. The minimum Gasteiger partial charge on any atom is -0.352 e. The van der Waals surface area contributed by atoms with E-state index in [4.69, 9.17) is 5.14 Å². The molecule has 0 bridgehead atoms. The number of carbonyl (C=O) groups excluding carboxylic acids is 1. The number of aryl methyl sites for hydroxylation is 1. The Morgan fingerprint density at radius 2 is 1.76 bits per heavy atom. The summed E-state index contributed by atoms with van der Waals surface area (Å²) in [5.74, 6) is -0.0446. The van der Waals surface area contributed by atoms with Crippen molar-refractivity contribution in [1.82, 2.24) is 5.32 Å². The Balaban J connectivity index is 1.71. The molecule has 3 N–H and O–H groups in total. The van der Waals surface area contributed by atoms with E-state index in [0.29, 0.717) is 12.0 Å². The Morgan fingerprint density at radius 3 is 2.44 bits per heavy atom. The lowest BCUT2D eigenvalue weighted by molar-refractivity contribution is -0.121. The van der Waals surface area contributed by atoms with Gasteiger partial charge in [0.25, 0.3) is 0 Å². The van der Waals surface area contributed by atoms with Crippen LogP contribution in [-0.4, -0.2) is 14.3 Å². The topological polar surface area (TPSA) is 89.3 Å². The standard InChI is InChI=1S/C18H21BrN2O3S/c19-16-10-8-14(9-11-16)4-1-2-7-18(22)21-13-15-5-3-6-17(12-15)25(20,23)24/h3,5-6,8-12H,1-2,4,7,13H2,(H,21,22)(H2,20,23,24).